The fourth-order valence-electron chi connectivity index (χ4n) is 6.80. The van der Waals surface area contributed by atoms with Crippen molar-refractivity contribution in [1.29, 1.82) is 0 Å². The van der Waals surface area contributed by atoms with E-state index in [1.807, 2.05) is 72.8 Å². The average molecular weight is 622 g/mol. The molecule has 0 saturated carbocycles. The molecule has 6 aromatic carbocycles. The van der Waals surface area contributed by atoms with Crippen LogP contribution in [-0.2, 0) is 0 Å². The Morgan fingerprint density at radius 1 is 0.489 bits per heavy atom. The highest BCUT2D eigenvalue weighted by Crippen LogP contribution is 2.36. The quantitative estimate of drug-likeness (QED) is 0.197. The second-order valence-corrected chi connectivity index (χ2v) is 12.7. The van der Waals surface area contributed by atoms with E-state index >= 15 is 0 Å². The molecular weight excluding hydrogens is 599 g/mol. The summed E-state index contributed by atoms with van der Waals surface area (Å²) in [6.45, 7) is 0. The van der Waals surface area contributed by atoms with Gasteiger partial charge in [-0.1, -0.05) is 102 Å². The van der Waals surface area contributed by atoms with Gasteiger partial charge >= 0.3 is 0 Å². The maximum Gasteiger partial charge on any atom is 0.266 e. The largest absolute Gasteiger partial charge is 0.278 e. The third-order valence-electron chi connectivity index (χ3n) is 8.99. The summed E-state index contributed by atoms with van der Waals surface area (Å²) >= 11 is 1.53. The van der Waals surface area contributed by atoms with E-state index in [9.17, 15) is 4.79 Å². The van der Waals surface area contributed by atoms with Gasteiger partial charge in [-0.05, 0) is 59.7 Å². The van der Waals surface area contributed by atoms with E-state index in [1.54, 1.807) is 4.40 Å². The molecule has 0 N–H and O–H groups in total. The zero-order chi connectivity index (χ0) is 31.1. The first-order valence-corrected chi connectivity index (χ1v) is 16.2. The van der Waals surface area contributed by atoms with Crippen LogP contribution in [0.15, 0.2) is 144 Å². The van der Waals surface area contributed by atoms with E-state index in [2.05, 4.69) is 71.3 Å². The number of thiazole rings is 1. The Hall–Kier alpha value is -6.18. The highest BCUT2D eigenvalue weighted by molar-refractivity contribution is 7.23. The predicted molar refractivity (Wildman–Crippen MR) is 193 cm³/mol. The van der Waals surface area contributed by atoms with Crippen LogP contribution in [0.1, 0.15) is 0 Å². The van der Waals surface area contributed by atoms with Gasteiger partial charge in [0.1, 0.15) is 0 Å². The first-order chi connectivity index (χ1) is 23.2. The first kappa shape index (κ1) is 26.1. The van der Waals surface area contributed by atoms with Crippen molar-refractivity contribution in [1.82, 2.24) is 23.9 Å². The Morgan fingerprint density at radius 3 is 2.02 bits per heavy atom. The molecule has 6 nitrogen and oxygen atoms in total. The molecule has 47 heavy (non-hydrogen) atoms. The minimum absolute atomic E-state index is 0.0512. The monoisotopic (exact) mass is 621 g/mol. The zero-order valence-corrected chi connectivity index (χ0v) is 25.6. The van der Waals surface area contributed by atoms with E-state index in [1.165, 1.54) is 11.3 Å². The van der Waals surface area contributed by atoms with Crippen molar-refractivity contribution in [3.63, 3.8) is 0 Å². The van der Waals surface area contributed by atoms with Gasteiger partial charge in [-0.15, -0.1) is 0 Å². The molecule has 0 aliphatic heterocycles. The Labute approximate surface area is 271 Å². The maximum atomic E-state index is 13.8. The molecule has 0 aliphatic carbocycles. The molecule has 0 atom stereocenters. The van der Waals surface area contributed by atoms with Gasteiger partial charge in [0.15, 0.2) is 4.96 Å². The molecule has 0 fully saturated rings. The summed E-state index contributed by atoms with van der Waals surface area (Å²) in [5.41, 5.74) is 8.40. The highest BCUT2D eigenvalue weighted by Gasteiger charge is 2.18. The molecule has 0 aliphatic rings. The molecule has 0 bridgehead atoms. The summed E-state index contributed by atoms with van der Waals surface area (Å²) in [7, 11) is 0. The summed E-state index contributed by atoms with van der Waals surface area (Å²) < 4.78 is 4.93. The van der Waals surface area contributed by atoms with Crippen LogP contribution < -0.4 is 5.56 Å². The van der Waals surface area contributed by atoms with Crippen molar-refractivity contribution in [2.75, 3.05) is 0 Å². The van der Waals surface area contributed by atoms with Crippen molar-refractivity contribution < 1.29 is 0 Å². The molecule has 4 aromatic heterocycles. The number of fused-ring (bicyclic) bond motifs is 8. The van der Waals surface area contributed by atoms with Gasteiger partial charge in [-0.2, -0.15) is 0 Å². The third kappa shape index (κ3) is 3.90. The first-order valence-electron chi connectivity index (χ1n) is 15.4. The second kappa shape index (κ2) is 9.91. The number of aromatic nitrogens is 5. The van der Waals surface area contributed by atoms with E-state index < -0.39 is 0 Å². The lowest BCUT2D eigenvalue weighted by molar-refractivity contribution is 1.01. The third-order valence-corrected chi connectivity index (χ3v) is 10.0. The molecule has 7 heteroatoms. The van der Waals surface area contributed by atoms with Crippen LogP contribution in [0.25, 0.3) is 87.1 Å². The Balaban J connectivity index is 1.19. The van der Waals surface area contributed by atoms with Crippen molar-refractivity contribution in [2.45, 2.75) is 0 Å². The molecule has 220 valence electrons. The minimum Gasteiger partial charge on any atom is -0.278 e. The van der Waals surface area contributed by atoms with Crippen molar-refractivity contribution >= 4 is 70.1 Å². The topological polar surface area (TPSA) is 65.1 Å². The van der Waals surface area contributed by atoms with Gasteiger partial charge in [0.25, 0.3) is 5.56 Å². The smallest absolute Gasteiger partial charge is 0.266 e. The Kier molecular flexibility index (Phi) is 5.50. The van der Waals surface area contributed by atoms with Gasteiger partial charge in [0, 0.05) is 21.7 Å². The summed E-state index contributed by atoms with van der Waals surface area (Å²) in [5, 5.41) is 3.81. The molecule has 0 unspecified atom stereocenters. The highest BCUT2D eigenvalue weighted by atomic mass is 32.1. The molecule has 10 aromatic rings. The maximum absolute atomic E-state index is 13.8. The van der Waals surface area contributed by atoms with Crippen LogP contribution in [0.3, 0.4) is 0 Å². The van der Waals surface area contributed by atoms with Crippen molar-refractivity contribution in [2.24, 2.45) is 0 Å². The molecule has 4 heterocycles. The Bertz CT molecular complexity index is 2940. The van der Waals surface area contributed by atoms with Gasteiger partial charge < -0.3 is 0 Å². The Morgan fingerprint density at radius 2 is 1.15 bits per heavy atom. The minimum atomic E-state index is -0.0512. The van der Waals surface area contributed by atoms with E-state index in [-0.39, 0.29) is 5.56 Å². The molecule has 10 rings (SSSR count). The number of hydrogen-bond donors (Lipinski definition) is 0. The van der Waals surface area contributed by atoms with Crippen molar-refractivity contribution in [3.8, 4) is 28.3 Å². The number of nitrogens with zero attached hydrogens (tertiary/aromatic N) is 5. The second-order valence-electron chi connectivity index (χ2n) is 11.7. The summed E-state index contributed by atoms with van der Waals surface area (Å²) in [6.07, 6.45) is 0. The number of benzene rings is 6. The van der Waals surface area contributed by atoms with Gasteiger partial charge in [-0.3, -0.25) is 13.8 Å². The fourth-order valence-corrected chi connectivity index (χ4v) is 7.82. The number of rotatable bonds is 3. The predicted octanol–water partition coefficient (Wildman–Crippen LogP) is 9.44. The summed E-state index contributed by atoms with van der Waals surface area (Å²) in [6, 6.07) is 47.2. The van der Waals surface area contributed by atoms with Crippen LogP contribution in [0.2, 0.25) is 0 Å². The standard InChI is InChI=1S/C40H23N5OS/c46-38-30-23-25(18-20-32(30)42-40-45(38)35-16-8-9-17-36(35)47-40)26-19-21-34-29(22-26)27-12-5-7-15-33(27)44(34)39-41-31-14-6-4-13-28(31)37(43-39)24-10-2-1-3-11-24/h1-23H. The molecular formula is C40H23N5OS. The normalized spacial score (nSPS) is 11.9. The van der Waals surface area contributed by atoms with E-state index in [0.717, 1.165) is 65.3 Å². The van der Waals surface area contributed by atoms with E-state index in [0.29, 0.717) is 21.8 Å². The molecule has 0 saturated heterocycles. The van der Waals surface area contributed by atoms with Gasteiger partial charge in [0.2, 0.25) is 5.95 Å². The van der Waals surface area contributed by atoms with Crippen LogP contribution in [0.5, 0.6) is 0 Å². The zero-order valence-electron chi connectivity index (χ0n) is 24.8. The lowest BCUT2D eigenvalue weighted by Crippen LogP contribution is -2.13. The van der Waals surface area contributed by atoms with Crippen molar-refractivity contribution in [3.05, 3.63) is 150 Å². The van der Waals surface area contributed by atoms with Gasteiger partial charge in [-0.25, -0.2) is 15.0 Å². The lowest BCUT2D eigenvalue weighted by Gasteiger charge is -2.12. The number of hydrogen-bond acceptors (Lipinski definition) is 5. The molecule has 0 radical (unpaired) electrons. The lowest BCUT2D eigenvalue weighted by atomic mass is 10.0. The van der Waals surface area contributed by atoms with E-state index in [4.69, 9.17) is 15.0 Å². The number of para-hydroxylation sites is 3. The average Bonchev–Trinajstić information content (AvgIpc) is 3.67. The molecule has 0 amide bonds. The van der Waals surface area contributed by atoms with Crippen LogP contribution in [0, 0.1) is 0 Å². The van der Waals surface area contributed by atoms with Crippen LogP contribution in [0.4, 0.5) is 0 Å². The summed E-state index contributed by atoms with van der Waals surface area (Å²) in [5.74, 6) is 0.623. The van der Waals surface area contributed by atoms with Crippen LogP contribution >= 0.6 is 11.3 Å². The summed E-state index contributed by atoms with van der Waals surface area (Å²) in [4.78, 5) is 29.7. The fraction of sp³-hybridized carbons (Fsp3) is 0. The van der Waals surface area contributed by atoms with Gasteiger partial charge in [0.05, 0.1) is 43.4 Å². The van der Waals surface area contributed by atoms with Crippen LogP contribution in [-0.4, -0.2) is 23.9 Å². The molecule has 0 spiro atoms. The SMILES string of the molecule is O=c1c2cc(-c3ccc4c(c3)c3ccccc3n4-c3nc(-c4ccccc4)c4ccccc4n3)ccc2nc2sc3ccccc3n12.